The largest absolute Gasteiger partial charge is 0.493 e. The van der Waals surface area contributed by atoms with Gasteiger partial charge < -0.3 is 23.8 Å². The first kappa shape index (κ1) is 17.1. The van der Waals surface area contributed by atoms with E-state index in [-0.39, 0.29) is 0 Å². The number of anilines is 1. The average Bonchev–Trinajstić information content (AvgIpc) is 2.59. The van der Waals surface area contributed by atoms with E-state index in [2.05, 4.69) is 9.97 Å². The Labute approximate surface area is 136 Å². The lowest BCUT2D eigenvalue weighted by Crippen LogP contribution is -2.24. The number of methoxy groups -OCH3 is 3. The fourth-order valence-electron chi connectivity index (χ4n) is 2.41. The first-order valence-electron chi connectivity index (χ1n) is 7.40. The molecule has 23 heavy (non-hydrogen) atoms. The molecule has 0 N–H and O–H groups in total. The summed E-state index contributed by atoms with van der Waals surface area (Å²) in [6, 6.07) is 1.86. The molecule has 2 aromatic rings. The van der Waals surface area contributed by atoms with Crippen molar-refractivity contribution in [3.05, 3.63) is 12.4 Å². The van der Waals surface area contributed by atoms with Gasteiger partial charge in [-0.1, -0.05) is 0 Å². The predicted molar refractivity (Wildman–Crippen MR) is 89.0 cm³/mol. The molecule has 1 aromatic carbocycles. The summed E-state index contributed by atoms with van der Waals surface area (Å²) in [5.41, 5.74) is 0.679. The van der Waals surface area contributed by atoms with Gasteiger partial charge in [-0.05, 0) is 13.0 Å². The van der Waals surface area contributed by atoms with E-state index in [1.54, 1.807) is 21.3 Å². The summed E-state index contributed by atoms with van der Waals surface area (Å²) in [6.07, 6.45) is 1.52. The van der Waals surface area contributed by atoms with Crippen molar-refractivity contribution in [3.63, 3.8) is 0 Å². The minimum atomic E-state index is 0.518. The van der Waals surface area contributed by atoms with Gasteiger partial charge in [0.15, 0.2) is 11.5 Å². The number of hydrogen-bond donors (Lipinski definition) is 0. The van der Waals surface area contributed by atoms with Crippen LogP contribution in [0.4, 0.5) is 5.82 Å². The van der Waals surface area contributed by atoms with E-state index in [0.717, 1.165) is 17.7 Å². The Morgan fingerprint density at radius 2 is 1.78 bits per heavy atom. The SMILES string of the molecule is CCOCCN(C)c1ncnc2c(OC)c(OC)c(OC)cc12. The maximum absolute atomic E-state index is 5.49. The molecule has 2 rings (SSSR count). The molecule has 0 aliphatic rings. The van der Waals surface area contributed by atoms with Crippen LogP contribution in [0.3, 0.4) is 0 Å². The van der Waals surface area contributed by atoms with Crippen molar-refractivity contribution in [3.8, 4) is 17.2 Å². The highest BCUT2D eigenvalue weighted by atomic mass is 16.5. The second-order valence-corrected chi connectivity index (χ2v) is 4.86. The van der Waals surface area contributed by atoms with Crippen LogP contribution in [0.1, 0.15) is 6.92 Å². The highest BCUT2D eigenvalue weighted by molar-refractivity contribution is 5.96. The second kappa shape index (κ2) is 7.82. The number of ether oxygens (including phenoxy) is 4. The number of aromatic nitrogens is 2. The van der Waals surface area contributed by atoms with E-state index in [9.17, 15) is 0 Å². The second-order valence-electron chi connectivity index (χ2n) is 4.86. The van der Waals surface area contributed by atoms with Crippen molar-refractivity contribution in [2.24, 2.45) is 0 Å². The Balaban J connectivity index is 2.55. The Kier molecular flexibility index (Phi) is 5.81. The molecule has 0 bridgehead atoms. The van der Waals surface area contributed by atoms with Crippen molar-refractivity contribution in [2.75, 3.05) is 53.0 Å². The Hall–Kier alpha value is -2.28. The lowest BCUT2D eigenvalue weighted by atomic mass is 10.1. The first-order chi connectivity index (χ1) is 11.2. The summed E-state index contributed by atoms with van der Waals surface area (Å²) >= 11 is 0. The van der Waals surface area contributed by atoms with E-state index >= 15 is 0 Å². The number of nitrogens with zero attached hydrogens (tertiary/aromatic N) is 3. The standard InChI is InChI=1S/C16H23N3O4/c1-6-23-8-7-19(2)16-11-9-12(20-3)14(21-4)15(22-5)13(11)17-10-18-16/h9-10H,6-8H2,1-5H3. The summed E-state index contributed by atoms with van der Waals surface area (Å²) < 4.78 is 21.7. The molecule has 0 unspecified atom stereocenters. The van der Waals surface area contributed by atoms with Crippen LogP contribution < -0.4 is 19.1 Å². The molecular formula is C16H23N3O4. The Bertz CT molecular complexity index is 663. The molecule has 0 aliphatic carbocycles. The van der Waals surface area contributed by atoms with E-state index in [4.69, 9.17) is 18.9 Å². The number of benzene rings is 1. The molecule has 1 aromatic heterocycles. The number of likely N-dealkylation sites (N-methyl/N-ethyl adjacent to an activating group) is 1. The molecule has 7 nitrogen and oxygen atoms in total. The third kappa shape index (κ3) is 3.39. The Morgan fingerprint density at radius 1 is 1.04 bits per heavy atom. The van der Waals surface area contributed by atoms with Crippen molar-refractivity contribution in [1.82, 2.24) is 9.97 Å². The maximum atomic E-state index is 5.49. The molecule has 1 heterocycles. The van der Waals surface area contributed by atoms with E-state index in [1.807, 2.05) is 24.9 Å². The third-order valence-corrected chi connectivity index (χ3v) is 3.55. The average molecular weight is 321 g/mol. The normalized spacial score (nSPS) is 10.7. The summed E-state index contributed by atoms with van der Waals surface area (Å²) in [6.45, 7) is 4.01. The summed E-state index contributed by atoms with van der Waals surface area (Å²) in [7, 11) is 6.70. The maximum Gasteiger partial charge on any atom is 0.205 e. The van der Waals surface area contributed by atoms with Crippen molar-refractivity contribution in [1.29, 1.82) is 0 Å². The monoisotopic (exact) mass is 321 g/mol. The predicted octanol–water partition coefficient (Wildman–Crippen LogP) is 2.13. The van der Waals surface area contributed by atoms with Gasteiger partial charge in [0.05, 0.1) is 33.3 Å². The topological polar surface area (TPSA) is 65.9 Å². The van der Waals surface area contributed by atoms with Gasteiger partial charge in [-0.15, -0.1) is 0 Å². The van der Waals surface area contributed by atoms with Crippen molar-refractivity contribution >= 4 is 16.7 Å². The van der Waals surface area contributed by atoms with Gasteiger partial charge in [-0.2, -0.15) is 0 Å². The highest BCUT2D eigenvalue weighted by Gasteiger charge is 2.20. The van der Waals surface area contributed by atoms with Gasteiger partial charge in [0.1, 0.15) is 17.7 Å². The summed E-state index contributed by atoms with van der Waals surface area (Å²) in [4.78, 5) is 10.8. The van der Waals surface area contributed by atoms with Crippen LogP contribution in [0.15, 0.2) is 12.4 Å². The van der Waals surface area contributed by atoms with Crippen LogP contribution in [-0.2, 0) is 4.74 Å². The molecule has 0 saturated carbocycles. The van der Waals surface area contributed by atoms with Crippen LogP contribution in [0, 0.1) is 0 Å². The van der Waals surface area contributed by atoms with Crippen LogP contribution >= 0.6 is 0 Å². The van der Waals surface area contributed by atoms with E-state index < -0.39 is 0 Å². The fourth-order valence-corrected chi connectivity index (χ4v) is 2.41. The lowest BCUT2D eigenvalue weighted by Gasteiger charge is -2.21. The van der Waals surface area contributed by atoms with Gasteiger partial charge in [0, 0.05) is 20.2 Å². The van der Waals surface area contributed by atoms with E-state index in [1.165, 1.54) is 6.33 Å². The minimum Gasteiger partial charge on any atom is -0.493 e. The van der Waals surface area contributed by atoms with Crippen LogP contribution in [0.5, 0.6) is 17.2 Å². The molecule has 126 valence electrons. The summed E-state index contributed by atoms with van der Waals surface area (Å²) in [5, 5.41) is 0.834. The fraction of sp³-hybridized carbons (Fsp3) is 0.500. The molecule has 0 radical (unpaired) electrons. The third-order valence-electron chi connectivity index (χ3n) is 3.55. The van der Waals surface area contributed by atoms with Crippen molar-refractivity contribution in [2.45, 2.75) is 6.92 Å². The molecule has 0 spiro atoms. The zero-order valence-electron chi connectivity index (χ0n) is 14.3. The van der Waals surface area contributed by atoms with Crippen LogP contribution in [-0.4, -0.2) is 58.1 Å². The summed E-state index contributed by atoms with van der Waals surface area (Å²) in [5.74, 6) is 2.41. The van der Waals surface area contributed by atoms with Crippen LogP contribution in [0.25, 0.3) is 10.9 Å². The van der Waals surface area contributed by atoms with E-state index in [0.29, 0.717) is 36.0 Å². The molecule has 0 aliphatic heterocycles. The van der Waals surface area contributed by atoms with Crippen molar-refractivity contribution < 1.29 is 18.9 Å². The number of hydrogen-bond acceptors (Lipinski definition) is 7. The van der Waals surface area contributed by atoms with Crippen LogP contribution in [0.2, 0.25) is 0 Å². The molecule has 7 heteroatoms. The quantitative estimate of drug-likeness (QED) is 0.690. The first-order valence-corrected chi connectivity index (χ1v) is 7.40. The van der Waals surface area contributed by atoms with Gasteiger partial charge in [-0.3, -0.25) is 0 Å². The molecular weight excluding hydrogens is 298 g/mol. The minimum absolute atomic E-state index is 0.518. The molecule has 0 amide bonds. The molecule has 0 atom stereocenters. The number of fused-ring (bicyclic) bond motifs is 1. The van der Waals surface area contributed by atoms with Gasteiger partial charge in [0.2, 0.25) is 5.75 Å². The molecule has 0 fully saturated rings. The zero-order valence-corrected chi connectivity index (χ0v) is 14.3. The Morgan fingerprint density at radius 3 is 2.39 bits per heavy atom. The highest BCUT2D eigenvalue weighted by Crippen LogP contribution is 2.44. The lowest BCUT2D eigenvalue weighted by molar-refractivity contribution is 0.154. The van der Waals surface area contributed by atoms with Gasteiger partial charge in [0.25, 0.3) is 0 Å². The number of rotatable bonds is 8. The smallest absolute Gasteiger partial charge is 0.205 e. The zero-order chi connectivity index (χ0) is 16.8. The van der Waals surface area contributed by atoms with Gasteiger partial charge in [-0.25, -0.2) is 9.97 Å². The molecule has 0 saturated heterocycles. The van der Waals surface area contributed by atoms with Gasteiger partial charge >= 0.3 is 0 Å².